The van der Waals surface area contributed by atoms with Gasteiger partial charge in [0, 0.05) is 10.9 Å². The molecule has 0 saturated heterocycles. The smallest absolute Gasteiger partial charge is 0.189 e. The summed E-state index contributed by atoms with van der Waals surface area (Å²) in [6, 6.07) is 3.81. The first-order valence-corrected chi connectivity index (χ1v) is 6.58. The summed E-state index contributed by atoms with van der Waals surface area (Å²) in [7, 11) is 0. The highest BCUT2D eigenvalue weighted by atomic mass is 32.2. The van der Waals surface area contributed by atoms with Gasteiger partial charge >= 0.3 is 0 Å². The van der Waals surface area contributed by atoms with Crippen molar-refractivity contribution in [3.8, 4) is 6.07 Å². The van der Waals surface area contributed by atoms with Crippen molar-refractivity contribution in [3.05, 3.63) is 17.5 Å². The Morgan fingerprint density at radius 2 is 2.06 bits per heavy atom. The Morgan fingerprint density at radius 3 is 2.75 bits per heavy atom. The van der Waals surface area contributed by atoms with Gasteiger partial charge in [-0.2, -0.15) is 5.26 Å². The number of rotatable bonds is 2. The van der Waals surface area contributed by atoms with Crippen molar-refractivity contribution in [3.63, 3.8) is 0 Å². The first-order valence-electron chi connectivity index (χ1n) is 5.70. The zero-order chi connectivity index (χ0) is 11.4. The van der Waals surface area contributed by atoms with Crippen molar-refractivity contribution in [2.45, 2.75) is 49.4 Å². The lowest BCUT2D eigenvalue weighted by Gasteiger charge is -2.19. The van der Waals surface area contributed by atoms with Gasteiger partial charge in [0.2, 0.25) is 0 Å². The third-order valence-corrected chi connectivity index (χ3v) is 3.97. The molecule has 0 spiro atoms. The number of thioether (sulfide) groups is 1. The average molecular weight is 233 g/mol. The van der Waals surface area contributed by atoms with Gasteiger partial charge in [-0.1, -0.05) is 31.0 Å². The van der Waals surface area contributed by atoms with Crippen molar-refractivity contribution in [2.24, 2.45) is 0 Å². The van der Waals surface area contributed by atoms with E-state index in [4.69, 9.17) is 5.26 Å². The molecule has 16 heavy (non-hydrogen) atoms. The van der Waals surface area contributed by atoms with Crippen molar-refractivity contribution >= 4 is 11.8 Å². The fourth-order valence-corrected chi connectivity index (χ4v) is 3.20. The third-order valence-electron chi connectivity index (χ3n) is 2.77. The van der Waals surface area contributed by atoms with E-state index in [1.54, 1.807) is 17.8 Å². The maximum atomic E-state index is 8.84. The van der Waals surface area contributed by atoms with Crippen LogP contribution in [-0.4, -0.2) is 15.2 Å². The molecular weight excluding hydrogens is 218 g/mol. The lowest BCUT2D eigenvalue weighted by atomic mass is 10.0. The van der Waals surface area contributed by atoms with E-state index in [1.165, 1.54) is 32.1 Å². The summed E-state index contributed by atoms with van der Waals surface area (Å²) in [6.07, 6.45) is 6.49. The molecule has 1 heterocycles. The van der Waals surface area contributed by atoms with Gasteiger partial charge < -0.3 is 0 Å². The third kappa shape index (κ3) is 2.96. The minimum atomic E-state index is 0.478. The van der Waals surface area contributed by atoms with Crippen LogP contribution in [0.1, 0.15) is 43.5 Å². The van der Waals surface area contributed by atoms with E-state index in [-0.39, 0.29) is 0 Å². The van der Waals surface area contributed by atoms with Crippen LogP contribution in [0.3, 0.4) is 0 Å². The zero-order valence-electron chi connectivity index (χ0n) is 9.44. The van der Waals surface area contributed by atoms with Crippen LogP contribution in [0.15, 0.2) is 11.2 Å². The van der Waals surface area contributed by atoms with Crippen LogP contribution < -0.4 is 0 Å². The van der Waals surface area contributed by atoms with Gasteiger partial charge in [0.1, 0.15) is 11.8 Å². The van der Waals surface area contributed by atoms with Crippen LogP contribution in [0.4, 0.5) is 0 Å². The molecule has 4 heteroatoms. The average Bonchev–Trinajstić information content (AvgIpc) is 2.29. The topological polar surface area (TPSA) is 49.6 Å². The molecule has 0 N–H and O–H groups in total. The fourth-order valence-electron chi connectivity index (χ4n) is 1.98. The standard InChI is InChI=1S/C12H15N3S/c1-9-7-10(8-13)15-12(14-9)16-11-5-3-2-4-6-11/h7,11H,2-6H2,1H3. The molecular formula is C12H15N3S. The Kier molecular flexibility index (Phi) is 3.79. The molecule has 0 radical (unpaired) electrons. The van der Waals surface area contributed by atoms with Crippen molar-refractivity contribution < 1.29 is 0 Å². The molecule has 0 unspecified atom stereocenters. The van der Waals surface area contributed by atoms with Crippen LogP contribution in [0.5, 0.6) is 0 Å². The van der Waals surface area contributed by atoms with Crippen molar-refractivity contribution in [1.29, 1.82) is 5.26 Å². The molecule has 3 nitrogen and oxygen atoms in total. The summed E-state index contributed by atoms with van der Waals surface area (Å²) >= 11 is 1.73. The lowest BCUT2D eigenvalue weighted by Crippen LogP contribution is -2.09. The Bertz CT molecular complexity index is 405. The van der Waals surface area contributed by atoms with Crippen LogP contribution in [-0.2, 0) is 0 Å². The van der Waals surface area contributed by atoms with E-state index in [0.29, 0.717) is 10.9 Å². The molecule has 0 atom stereocenters. The van der Waals surface area contributed by atoms with E-state index in [9.17, 15) is 0 Å². The van der Waals surface area contributed by atoms with Gasteiger partial charge in [-0.25, -0.2) is 9.97 Å². The predicted molar refractivity (Wildman–Crippen MR) is 64.2 cm³/mol. The van der Waals surface area contributed by atoms with Gasteiger partial charge in [-0.3, -0.25) is 0 Å². The number of aryl methyl sites for hydroxylation is 1. The second-order valence-electron chi connectivity index (χ2n) is 4.17. The summed E-state index contributed by atoms with van der Waals surface area (Å²) in [5, 5.41) is 10.3. The molecule has 0 aliphatic heterocycles. The summed E-state index contributed by atoms with van der Waals surface area (Å²) in [4.78, 5) is 8.61. The predicted octanol–water partition coefficient (Wildman–Crippen LogP) is 3.08. The molecule has 0 bridgehead atoms. The van der Waals surface area contributed by atoms with Crippen molar-refractivity contribution in [2.75, 3.05) is 0 Å². The quantitative estimate of drug-likeness (QED) is 0.736. The van der Waals surface area contributed by atoms with Crippen LogP contribution in [0.2, 0.25) is 0 Å². The summed E-state index contributed by atoms with van der Waals surface area (Å²) in [5.41, 5.74) is 1.36. The minimum Gasteiger partial charge on any atom is -0.228 e. The Morgan fingerprint density at radius 1 is 1.31 bits per heavy atom. The highest BCUT2D eigenvalue weighted by Crippen LogP contribution is 2.31. The SMILES string of the molecule is Cc1cc(C#N)nc(SC2CCCCC2)n1. The summed E-state index contributed by atoms with van der Waals surface area (Å²) < 4.78 is 0. The largest absolute Gasteiger partial charge is 0.228 e. The van der Waals surface area contributed by atoms with Gasteiger partial charge in [-0.05, 0) is 25.8 Å². The number of nitriles is 1. The maximum absolute atomic E-state index is 8.84. The lowest BCUT2D eigenvalue weighted by molar-refractivity contribution is 0.515. The summed E-state index contributed by atoms with van der Waals surface area (Å²) in [6.45, 7) is 1.91. The first-order chi connectivity index (χ1) is 7.78. The monoisotopic (exact) mass is 233 g/mol. The number of aromatic nitrogens is 2. The molecule has 2 rings (SSSR count). The molecule has 1 saturated carbocycles. The molecule has 1 fully saturated rings. The highest BCUT2D eigenvalue weighted by molar-refractivity contribution is 7.99. The van der Waals surface area contributed by atoms with E-state index >= 15 is 0 Å². The second-order valence-corrected chi connectivity index (χ2v) is 5.43. The minimum absolute atomic E-state index is 0.478. The normalized spacial score (nSPS) is 17.0. The molecule has 84 valence electrons. The number of hydrogen-bond donors (Lipinski definition) is 0. The van der Waals surface area contributed by atoms with E-state index in [1.807, 2.05) is 6.92 Å². The molecule has 1 aromatic heterocycles. The van der Waals surface area contributed by atoms with Crippen LogP contribution in [0.25, 0.3) is 0 Å². The molecule has 1 aromatic rings. The Hall–Kier alpha value is -1.08. The molecule has 0 aromatic carbocycles. The number of hydrogen-bond acceptors (Lipinski definition) is 4. The first kappa shape index (κ1) is 11.4. The molecule has 1 aliphatic carbocycles. The maximum Gasteiger partial charge on any atom is 0.189 e. The number of nitrogens with zero attached hydrogens (tertiary/aromatic N) is 3. The summed E-state index contributed by atoms with van der Waals surface area (Å²) in [5.74, 6) is 0. The Labute approximate surface area is 100 Å². The van der Waals surface area contributed by atoms with Gasteiger partial charge in [0.25, 0.3) is 0 Å². The van der Waals surface area contributed by atoms with Crippen molar-refractivity contribution in [1.82, 2.24) is 9.97 Å². The molecule has 0 amide bonds. The van der Waals surface area contributed by atoms with Gasteiger partial charge in [0.15, 0.2) is 5.16 Å². The zero-order valence-corrected chi connectivity index (χ0v) is 10.3. The Balaban J connectivity index is 2.08. The second kappa shape index (κ2) is 5.31. The van der Waals surface area contributed by atoms with Gasteiger partial charge in [-0.15, -0.1) is 0 Å². The highest BCUT2D eigenvalue weighted by Gasteiger charge is 2.16. The van der Waals surface area contributed by atoms with Gasteiger partial charge in [0.05, 0.1) is 0 Å². The van der Waals surface area contributed by atoms with Crippen LogP contribution >= 0.6 is 11.8 Å². The molecule has 1 aliphatic rings. The van der Waals surface area contributed by atoms with E-state index < -0.39 is 0 Å². The fraction of sp³-hybridized carbons (Fsp3) is 0.583. The van der Waals surface area contributed by atoms with E-state index in [2.05, 4.69) is 16.0 Å². The van der Waals surface area contributed by atoms with Crippen LogP contribution in [0, 0.1) is 18.3 Å². The van der Waals surface area contributed by atoms with E-state index in [0.717, 1.165) is 10.9 Å².